The summed E-state index contributed by atoms with van der Waals surface area (Å²) in [4.78, 5) is 24.9. The van der Waals surface area contributed by atoms with Crippen molar-refractivity contribution in [1.29, 1.82) is 0 Å². The summed E-state index contributed by atoms with van der Waals surface area (Å²) in [5.74, 6) is -1.98. The van der Waals surface area contributed by atoms with Gasteiger partial charge in [0.1, 0.15) is 5.75 Å². The van der Waals surface area contributed by atoms with E-state index in [1.54, 1.807) is 18.2 Å². The summed E-state index contributed by atoms with van der Waals surface area (Å²) < 4.78 is 63.2. The summed E-state index contributed by atoms with van der Waals surface area (Å²) in [5.41, 5.74) is 1.20. The van der Waals surface area contributed by atoms with E-state index in [9.17, 15) is 27.2 Å². The van der Waals surface area contributed by atoms with Crippen LogP contribution in [0.5, 0.6) is 11.5 Å². The number of benzene rings is 3. The Labute approximate surface area is 197 Å². The Bertz CT molecular complexity index is 1260. The van der Waals surface area contributed by atoms with Crippen molar-refractivity contribution in [3.05, 3.63) is 88.7 Å². The second-order valence-electron chi connectivity index (χ2n) is 7.76. The van der Waals surface area contributed by atoms with E-state index in [0.717, 1.165) is 12.1 Å². The number of amides is 1. The Hall–Kier alpha value is -4.08. The molecule has 1 heterocycles. The number of hydrogen-bond acceptors (Lipinski definition) is 4. The van der Waals surface area contributed by atoms with Gasteiger partial charge in [0.2, 0.25) is 0 Å². The number of carbonyl (C=O) groups excluding carboxylic acids is 1. The number of alkyl halides is 3. The highest BCUT2D eigenvalue weighted by Crippen LogP contribution is 2.36. The largest absolute Gasteiger partial charge is 0.493 e. The monoisotopic (exact) mass is 489 g/mol. The van der Waals surface area contributed by atoms with Crippen LogP contribution in [0.25, 0.3) is 0 Å². The number of rotatable bonds is 8. The molecular formula is C25H19F4NO5. The molecule has 182 valence electrons. The lowest BCUT2D eigenvalue weighted by Crippen LogP contribution is -2.23. The lowest BCUT2D eigenvalue weighted by atomic mass is 10.1. The van der Waals surface area contributed by atoms with Gasteiger partial charge in [0, 0.05) is 23.2 Å². The van der Waals surface area contributed by atoms with Gasteiger partial charge in [0.25, 0.3) is 5.91 Å². The molecule has 1 aliphatic heterocycles. The molecule has 1 N–H and O–H groups in total. The van der Waals surface area contributed by atoms with Crippen molar-refractivity contribution in [2.75, 3.05) is 18.1 Å². The van der Waals surface area contributed by atoms with E-state index < -0.39 is 30.1 Å². The van der Waals surface area contributed by atoms with Crippen molar-refractivity contribution < 1.29 is 41.7 Å². The molecule has 35 heavy (non-hydrogen) atoms. The molecule has 0 unspecified atom stereocenters. The second-order valence-corrected chi connectivity index (χ2v) is 7.76. The number of carboxylic acids is 1. The fourth-order valence-corrected chi connectivity index (χ4v) is 3.71. The van der Waals surface area contributed by atoms with Crippen LogP contribution in [0.1, 0.15) is 27.0 Å². The molecule has 1 amide bonds. The summed E-state index contributed by atoms with van der Waals surface area (Å²) >= 11 is 0. The van der Waals surface area contributed by atoms with Gasteiger partial charge in [-0.25, -0.2) is 9.18 Å². The van der Waals surface area contributed by atoms with Crippen LogP contribution in [0.2, 0.25) is 0 Å². The van der Waals surface area contributed by atoms with Crippen LogP contribution < -0.4 is 14.4 Å². The van der Waals surface area contributed by atoms with Gasteiger partial charge in [-0.2, -0.15) is 13.2 Å². The van der Waals surface area contributed by atoms with Gasteiger partial charge >= 0.3 is 12.1 Å². The number of carbonyl (C=O) groups is 2. The van der Waals surface area contributed by atoms with Crippen LogP contribution in [0.3, 0.4) is 0 Å². The third-order valence-corrected chi connectivity index (χ3v) is 5.43. The van der Waals surface area contributed by atoms with E-state index in [2.05, 4.69) is 0 Å². The standard InChI is InChI=1S/C25H19F4NO5/c26-20-9-4-15(12-22(20)35-14-23(31)32)10-11-34-21-3-1-2-18-19(21)13-30(24(18)33)17-7-5-16(6-8-17)25(27,28)29/h1-9,12H,10-11,13-14H2,(H,31,32). The summed E-state index contributed by atoms with van der Waals surface area (Å²) in [7, 11) is 0. The van der Waals surface area contributed by atoms with Gasteiger partial charge in [0.15, 0.2) is 18.2 Å². The minimum atomic E-state index is -4.47. The van der Waals surface area contributed by atoms with E-state index in [1.165, 1.54) is 35.2 Å². The van der Waals surface area contributed by atoms with Gasteiger partial charge < -0.3 is 19.5 Å². The normalized spacial score (nSPS) is 13.0. The first kappa shape index (κ1) is 24.1. The maximum absolute atomic E-state index is 13.8. The first-order valence-corrected chi connectivity index (χ1v) is 10.5. The average molecular weight is 489 g/mol. The highest BCUT2D eigenvalue weighted by atomic mass is 19.4. The van der Waals surface area contributed by atoms with E-state index in [-0.39, 0.29) is 24.8 Å². The third-order valence-electron chi connectivity index (χ3n) is 5.43. The second kappa shape index (κ2) is 9.65. The van der Waals surface area contributed by atoms with Crippen molar-refractivity contribution in [3.8, 4) is 11.5 Å². The molecule has 0 spiro atoms. The van der Waals surface area contributed by atoms with Crippen LogP contribution in [0.4, 0.5) is 23.2 Å². The van der Waals surface area contributed by atoms with Crippen molar-refractivity contribution in [2.24, 2.45) is 0 Å². The third kappa shape index (κ3) is 5.37. The smallest absolute Gasteiger partial charge is 0.416 e. The van der Waals surface area contributed by atoms with E-state index in [4.69, 9.17) is 14.6 Å². The molecule has 0 saturated heterocycles. The summed E-state index contributed by atoms with van der Waals surface area (Å²) in [5, 5.41) is 8.69. The highest BCUT2D eigenvalue weighted by molar-refractivity contribution is 6.10. The van der Waals surface area contributed by atoms with Crippen LogP contribution in [0, 0.1) is 5.82 Å². The number of nitrogens with zero attached hydrogens (tertiary/aromatic N) is 1. The van der Waals surface area contributed by atoms with Crippen molar-refractivity contribution >= 4 is 17.6 Å². The van der Waals surface area contributed by atoms with Crippen LogP contribution in [0.15, 0.2) is 60.7 Å². The van der Waals surface area contributed by atoms with Crippen molar-refractivity contribution in [1.82, 2.24) is 0 Å². The molecular weight excluding hydrogens is 470 g/mol. The molecule has 0 atom stereocenters. The molecule has 1 aliphatic rings. The Kier molecular flexibility index (Phi) is 6.63. The first-order valence-electron chi connectivity index (χ1n) is 10.5. The highest BCUT2D eigenvalue weighted by Gasteiger charge is 2.33. The zero-order valence-corrected chi connectivity index (χ0v) is 18.1. The molecule has 3 aromatic rings. The van der Waals surface area contributed by atoms with Gasteiger partial charge in [-0.1, -0.05) is 12.1 Å². The topological polar surface area (TPSA) is 76.1 Å². The maximum Gasteiger partial charge on any atom is 0.416 e. The minimum Gasteiger partial charge on any atom is -0.493 e. The van der Waals surface area contributed by atoms with Crippen LogP contribution >= 0.6 is 0 Å². The first-order chi connectivity index (χ1) is 16.6. The summed E-state index contributed by atoms with van der Waals surface area (Å²) in [6, 6.07) is 13.4. The number of hydrogen-bond donors (Lipinski definition) is 1. The number of fused-ring (bicyclic) bond motifs is 1. The Morgan fingerprint density at radius 2 is 1.74 bits per heavy atom. The van der Waals surface area contributed by atoms with Gasteiger partial charge in [-0.15, -0.1) is 0 Å². The molecule has 0 saturated carbocycles. The van der Waals surface area contributed by atoms with Gasteiger partial charge in [-0.05, 0) is 54.1 Å². The Morgan fingerprint density at radius 3 is 2.43 bits per heavy atom. The number of halogens is 4. The van der Waals surface area contributed by atoms with Crippen molar-refractivity contribution in [2.45, 2.75) is 19.1 Å². The molecule has 6 nitrogen and oxygen atoms in total. The minimum absolute atomic E-state index is 0.138. The average Bonchev–Trinajstić information content (AvgIpc) is 3.16. The number of aliphatic carboxylic acids is 1. The van der Waals surface area contributed by atoms with Gasteiger partial charge in [-0.3, -0.25) is 4.79 Å². The Balaban J connectivity index is 1.44. The molecule has 0 bridgehead atoms. The fourth-order valence-electron chi connectivity index (χ4n) is 3.71. The molecule has 10 heteroatoms. The molecule has 4 rings (SSSR count). The predicted molar refractivity (Wildman–Crippen MR) is 117 cm³/mol. The quantitative estimate of drug-likeness (QED) is 0.446. The van der Waals surface area contributed by atoms with E-state index in [1.807, 2.05) is 0 Å². The predicted octanol–water partition coefficient (Wildman–Crippen LogP) is 5.09. The zero-order valence-electron chi connectivity index (χ0n) is 18.1. The molecule has 3 aromatic carbocycles. The lowest BCUT2D eigenvalue weighted by molar-refractivity contribution is -0.139. The fraction of sp³-hybridized carbons (Fsp3) is 0.200. The summed E-state index contributed by atoms with van der Waals surface area (Å²) in [6.07, 6.45) is -4.12. The number of ether oxygens (including phenoxy) is 2. The van der Waals surface area contributed by atoms with Crippen molar-refractivity contribution in [3.63, 3.8) is 0 Å². The molecule has 0 aliphatic carbocycles. The number of carboxylic acid groups (broad SMARTS) is 1. The summed E-state index contributed by atoms with van der Waals surface area (Å²) in [6.45, 7) is -0.356. The van der Waals surface area contributed by atoms with Crippen LogP contribution in [-0.2, 0) is 23.9 Å². The van der Waals surface area contributed by atoms with Crippen LogP contribution in [-0.4, -0.2) is 30.2 Å². The zero-order chi connectivity index (χ0) is 25.2. The van der Waals surface area contributed by atoms with E-state index >= 15 is 0 Å². The van der Waals surface area contributed by atoms with E-state index in [0.29, 0.717) is 34.5 Å². The maximum atomic E-state index is 13.8. The van der Waals surface area contributed by atoms with Gasteiger partial charge in [0.05, 0.1) is 18.7 Å². The molecule has 0 fully saturated rings. The lowest BCUT2D eigenvalue weighted by Gasteiger charge is -2.17. The molecule has 0 radical (unpaired) electrons. The molecule has 0 aromatic heterocycles. The number of anilines is 1. The Morgan fingerprint density at radius 1 is 1.00 bits per heavy atom. The SMILES string of the molecule is O=C(O)COc1cc(CCOc2cccc3c2CN(c2ccc(C(F)(F)F)cc2)C3=O)ccc1F.